The summed E-state index contributed by atoms with van der Waals surface area (Å²) in [4.78, 5) is 2.44. The summed E-state index contributed by atoms with van der Waals surface area (Å²) in [5.74, 6) is 1.56. The lowest BCUT2D eigenvalue weighted by atomic mass is 9.76. The van der Waals surface area contributed by atoms with Gasteiger partial charge in [0.1, 0.15) is 29.7 Å². The molecule has 0 saturated carbocycles. The van der Waals surface area contributed by atoms with Gasteiger partial charge in [0.25, 0.3) is 0 Å². The number of halogens is 1. The largest absolute Gasteiger partial charge is 0.508 e. The summed E-state index contributed by atoms with van der Waals surface area (Å²) in [6, 6.07) is 20.2. The zero-order valence-electron chi connectivity index (χ0n) is 18.0. The Balaban J connectivity index is 1.39. The Kier molecular flexibility index (Phi) is 5.99. The number of benzene rings is 3. The van der Waals surface area contributed by atoms with Crippen LogP contribution in [0.4, 0.5) is 4.39 Å². The number of phenolic OH excluding ortho intramolecular Hbond substituents is 1. The van der Waals surface area contributed by atoms with Crippen LogP contribution in [0.5, 0.6) is 17.2 Å². The molecule has 166 valence electrons. The third-order valence-corrected chi connectivity index (χ3v) is 6.57. The predicted octanol–water partition coefficient (Wildman–Crippen LogP) is 5.31. The third kappa shape index (κ3) is 4.44. The molecule has 5 heteroatoms. The summed E-state index contributed by atoms with van der Waals surface area (Å²) < 4.78 is 25.5. The quantitative estimate of drug-likeness (QED) is 0.572. The Bertz CT molecular complexity index is 1050. The van der Waals surface area contributed by atoms with E-state index in [-0.39, 0.29) is 23.4 Å². The maximum Gasteiger partial charge on any atom is 0.126 e. The highest BCUT2D eigenvalue weighted by Gasteiger charge is 2.33. The number of likely N-dealkylation sites (tertiary alicyclic amines) is 1. The minimum absolute atomic E-state index is 0.0310. The van der Waals surface area contributed by atoms with Gasteiger partial charge in [-0.2, -0.15) is 0 Å². The van der Waals surface area contributed by atoms with Crippen molar-refractivity contribution in [2.24, 2.45) is 0 Å². The molecule has 2 aliphatic heterocycles. The number of nitrogens with zero attached hydrogens (tertiary/aromatic N) is 1. The molecule has 2 heterocycles. The summed E-state index contributed by atoms with van der Waals surface area (Å²) in [6.45, 7) is 4.46. The van der Waals surface area contributed by atoms with Gasteiger partial charge in [0, 0.05) is 30.0 Å². The molecule has 3 aromatic carbocycles. The highest BCUT2D eigenvalue weighted by molar-refractivity contribution is 5.50. The fourth-order valence-electron chi connectivity index (χ4n) is 4.88. The fourth-order valence-corrected chi connectivity index (χ4v) is 4.88. The highest BCUT2D eigenvalue weighted by atomic mass is 19.1. The zero-order chi connectivity index (χ0) is 21.9. The maximum absolute atomic E-state index is 13.5. The smallest absolute Gasteiger partial charge is 0.126 e. The van der Waals surface area contributed by atoms with Crippen molar-refractivity contribution in [1.29, 1.82) is 0 Å². The van der Waals surface area contributed by atoms with E-state index in [4.69, 9.17) is 9.47 Å². The normalized spacial score (nSPS) is 20.5. The van der Waals surface area contributed by atoms with Gasteiger partial charge in [-0.3, -0.25) is 4.90 Å². The topological polar surface area (TPSA) is 41.9 Å². The third-order valence-electron chi connectivity index (χ3n) is 6.57. The average molecular weight is 434 g/mol. The molecule has 1 fully saturated rings. The van der Waals surface area contributed by atoms with Gasteiger partial charge >= 0.3 is 0 Å². The van der Waals surface area contributed by atoms with Gasteiger partial charge in [-0.1, -0.05) is 30.3 Å². The van der Waals surface area contributed by atoms with Crippen LogP contribution in [0.3, 0.4) is 0 Å². The van der Waals surface area contributed by atoms with Crippen molar-refractivity contribution < 1.29 is 19.0 Å². The minimum atomic E-state index is -0.247. The van der Waals surface area contributed by atoms with Crippen LogP contribution in [0.2, 0.25) is 0 Å². The van der Waals surface area contributed by atoms with Crippen LogP contribution in [-0.2, 0) is 0 Å². The van der Waals surface area contributed by atoms with Crippen LogP contribution in [0.1, 0.15) is 41.4 Å². The lowest BCUT2D eigenvalue weighted by Gasteiger charge is -2.34. The molecule has 4 nitrogen and oxygen atoms in total. The molecule has 0 unspecified atom stereocenters. The van der Waals surface area contributed by atoms with Crippen LogP contribution in [0.15, 0.2) is 66.7 Å². The molecule has 1 saturated heterocycles. The van der Waals surface area contributed by atoms with E-state index in [0.29, 0.717) is 19.0 Å². The van der Waals surface area contributed by atoms with Gasteiger partial charge in [-0.25, -0.2) is 4.39 Å². The van der Waals surface area contributed by atoms with Crippen LogP contribution in [-0.4, -0.2) is 42.9 Å². The van der Waals surface area contributed by atoms with Crippen molar-refractivity contribution in [2.75, 3.05) is 32.8 Å². The highest BCUT2D eigenvalue weighted by Crippen LogP contribution is 2.47. The molecule has 0 bridgehead atoms. The molecule has 2 aliphatic rings. The Hall–Kier alpha value is -3.05. The van der Waals surface area contributed by atoms with Gasteiger partial charge in [-0.05, 0) is 67.4 Å². The Morgan fingerprint density at radius 2 is 1.66 bits per heavy atom. The molecule has 3 aromatic rings. The first-order chi connectivity index (χ1) is 15.7. The van der Waals surface area contributed by atoms with E-state index in [9.17, 15) is 9.50 Å². The Labute approximate surface area is 188 Å². The molecule has 1 N–H and O–H groups in total. The van der Waals surface area contributed by atoms with Crippen LogP contribution < -0.4 is 9.47 Å². The monoisotopic (exact) mass is 433 g/mol. The number of fused-ring (bicyclic) bond motifs is 1. The van der Waals surface area contributed by atoms with Gasteiger partial charge < -0.3 is 14.6 Å². The number of rotatable bonds is 6. The zero-order valence-corrected chi connectivity index (χ0v) is 18.0. The molecule has 0 aliphatic carbocycles. The molecular weight excluding hydrogens is 405 g/mol. The van der Waals surface area contributed by atoms with Crippen molar-refractivity contribution in [3.05, 3.63) is 89.2 Å². The number of hydrogen-bond donors (Lipinski definition) is 1. The van der Waals surface area contributed by atoms with Crippen molar-refractivity contribution >= 4 is 0 Å². The van der Waals surface area contributed by atoms with Crippen LogP contribution in [0, 0.1) is 5.82 Å². The second-order valence-electron chi connectivity index (χ2n) is 8.64. The van der Waals surface area contributed by atoms with E-state index in [2.05, 4.69) is 17.0 Å². The molecule has 0 amide bonds. The lowest BCUT2D eigenvalue weighted by Crippen LogP contribution is -2.25. The number of aromatic hydroxyl groups is 1. The molecule has 32 heavy (non-hydrogen) atoms. The predicted molar refractivity (Wildman–Crippen MR) is 122 cm³/mol. The van der Waals surface area contributed by atoms with Gasteiger partial charge in [0.05, 0.1) is 6.61 Å². The van der Waals surface area contributed by atoms with Crippen molar-refractivity contribution in [2.45, 2.75) is 24.7 Å². The van der Waals surface area contributed by atoms with Crippen LogP contribution in [0.25, 0.3) is 0 Å². The Morgan fingerprint density at radius 3 is 2.41 bits per heavy atom. The summed E-state index contributed by atoms with van der Waals surface area (Å²) in [7, 11) is 0. The SMILES string of the molecule is Oc1ccc2c(c1)OC[C@H](c1ccc(F)cc1)[C@H]2c1ccc(OCCN2CCCC2)cc1. The first-order valence-corrected chi connectivity index (χ1v) is 11.3. The molecule has 0 aromatic heterocycles. The van der Waals surface area contributed by atoms with Gasteiger partial charge in [0.2, 0.25) is 0 Å². The summed E-state index contributed by atoms with van der Waals surface area (Å²) in [5, 5.41) is 9.91. The summed E-state index contributed by atoms with van der Waals surface area (Å²) in [6.07, 6.45) is 2.57. The summed E-state index contributed by atoms with van der Waals surface area (Å²) in [5.41, 5.74) is 3.19. The molecular formula is C27H28FNO3. The van der Waals surface area contributed by atoms with Gasteiger partial charge in [-0.15, -0.1) is 0 Å². The number of hydrogen-bond acceptors (Lipinski definition) is 4. The Morgan fingerprint density at radius 1 is 0.938 bits per heavy atom. The summed E-state index contributed by atoms with van der Waals surface area (Å²) >= 11 is 0. The second kappa shape index (κ2) is 9.21. The molecule has 0 radical (unpaired) electrons. The number of phenols is 1. The second-order valence-corrected chi connectivity index (χ2v) is 8.64. The maximum atomic E-state index is 13.5. The standard InChI is InChI=1S/C27H28FNO3/c28-21-7-3-19(4-8-21)25-18-32-26-17-22(30)9-12-24(26)27(25)20-5-10-23(11-6-20)31-16-15-29-13-1-2-14-29/h3-12,17,25,27,30H,1-2,13-16,18H2/t25-,27+/m1/s1. The molecule has 2 atom stereocenters. The van der Waals surface area contributed by atoms with Crippen LogP contribution >= 0.6 is 0 Å². The van der Waals surface area contributed by atoms with Crippen molar-refractivity contribution in [1.82, 2.24) is 4.90 Å². The number of ether oxygens (including phenoxy) is 2. The van der Waals surface area contributed by atoms with E-state index in [1.165, 1.54) is 38.1 Å². The van der Waals surface area contributed by atoms with E-state index in [1.54, 1.807) is 12.1 Å². The van der Waals surface area contributed by atoms with Gasteiger partial charge in [0.15, 0.2) is 0 Å². The molecule has 5 rings (SSSR count). The first-order valence-electron chi connectivity index (χ1n) is 11.3. The minimum Gasteiger partial charge on any atom is -0.508 e. The fraction of sp³-hybridized carbons (Fsp3) is 0.333. The van der Waals surface area contributed by atoms with E-state index in [0.717, 1.165) is 29.0 Å². The van der Waals surface area contributed by atoms with E-state index in [1.807, 2.05) is 30.3 Å². The average Bonchev–Trinajstić information content (AvgIpc) is 3.33. The lowest BCUT2D eigenvalue weighted by molar-refractivity contribution is 0.237. The van der Waals surface area contributed by atoms with Crippen molar-refractivity contribution in [3.8, 4) is 17.2 Å². The van der Waals surface area contributed by atoms with Crippen molar-refractivity contribution in [3.63, 3.8) is 0 Å². The van der Waals surface area contributed by atoms with E-state index >= 15 is 0 Å². The van der Waals surface area contributed by atoms with E-state index < -0.39 is 0 Å². The molecule has 0 spiro atoms. The first kappa shape index (κ1) is 20.8.